The van der Waals surface area contributed by atoms with Crippen molar-refractivity contribution in [3.8, 4) is 17.1 Å². The number of carbonyl (C=O) groups is 1. The van der Waals surface area contributed by atoms with Crippen molar-refractivity contribution in [2.45, 2.75) is 30.8 Å². The standard InChI is InChI=1S/C22H23FN4O2S/c1-5-12-27-20(17-8-6-7-9-19(17)29-4)25-26-22(27)30-15(3)21(28)24-16-11-10-14(2)18(23)13-16/h5-11,13,15H,1,12H2,2-4H3,(H,24,28). The number of amides is 1. The summed E-state index contributed by atoms with van der Waals surface area (Å²) in [6.45, 7) is 7.72. The number of aromatic nitrogens is 3. The fourth-order valence-corrected chi connectivity index (χ4v) is 3.68. The summed E-state index contributed by atoms with van der Waals surface area (Å²) in [7, 11) is 1.60. The molecule has 0 aliphatic rings. The van der Waals surface area contributed by atoms with E-state index in [-0.39, 0.29) is 11.7 Å². The van der Waals surface area contributed by atoms with Gasteiger partial charge >= 0.3 is 0 Å². The number of nitrogens with zero attached hydrogens (tertiary/aromatic N) is 3. The molecular formula is C22H23FN4O2S. The van der Waals surface area contributed by atoms with Crippen molar-refractivity contribution in [3.05, 3.63) is 66.5 Å². The van der Waals surface area contributed by atoms with E-state index in [1.54, 1.807) is 39.2 Å². The van der Waals surface area contributed by atoms with Gasteiger partial charge in [0.1, 0.15) is 11.6 Å². The first-order valence-corrected chi connectivity index (χ1v) is 10.2. The number of para-hydroxylation sites is 1. The Hall–Kier alpha value is -3.13. The highest BCUT2D eigenvalue weighted by Crippen LogP contribution is 2.32. The Bertz CT molecular complexity index is 1070. The summed E-state index contributed by atoms with van der Waals surface area (Å²) in [5.74, 6) is 0.692. The van der Waals surface area contributed by atoms with Gasteiger partial charge in [0.25, 0.3) is 0 Å². The molecule has 2 aromatic carbocycles. The third-order valence-corrected chi connectivity index (χ3v) is 5.55. The van der Waals surface area contributed by atoms with E-state index in [0.717, 1.165) is 5.56 Å². The summed E-state index contributed by atoms with van der Waals surface area (Å²) in [6, 6.07) is 12.1. The largest absolute Gasteiger partial charge is 0.496 e. The monoisotopic (exact) mass is 426 g/mol. The van der Waals surface area contributed by atoms with Crippen LogP contribution in [0.1, 0.15) is 12.5 Å². The first kappa shape index (κ1) is 21.6. The van der Waals surface area contributed by atoms with Crippen LogP contribution in [0.2, 0.25) is 0 Å². The van der Waals surface area contributed by atoms with Gasteiger partial charge in [-0.05, 0) is 43.7 Å². The van der Waals surface area contributed by atoms with Crippen molar-refractivity contribution < 1.29 is 13.9 Å². The molecule has 1 N–H and O–H groups in total. The van der Waals surface area contributed by atoms with Crippen molar-refractivity contribution in [1.82, 2.24) is 14.8 Å². The molecule has 0 fully saturated rings. The van der Waals surface area contributed by atoms with Crippen LogP contribution < -0.4 is 10.1 Å². The fraction of sp³-hybridized carbons (Fsp3) is 0.227. The topological polar surface area (TPSA) is 69.0 Å². The molecule has 1 heterocycles. The molecule has 1 amide bonds. The van der Waals surface area contributed by atoms with Gasteiger partial charge < -0.3 is 10.1 Å². The SMILES string of the molecule is C=CCn1c(SC(C)C(=O)Nc2ccc(C)c(F)c2)nnc1-c1ccccc1OC. The van der Waals surface area contributed by atoms with Crippen LogP contribution in [0.3, 0.4) is 0 Å². The van der Waals surface area contributed by atoms with Gasteiger partial charge in [0.15, 0.2) is 11.0 Å². The summed E-state index contributed by atoms with van der Waals surface area (Å²) >= 11 is 1.27. The lowest BCUT2D eigenvalue weighted by atomic mass is 10.2. The second-order valence-electron chi connectivity index (χ2n) is 6.62. The molecule has 0 aliphatic heterocycles. The van der Waals surface area contributed by atoms with Crippen LogP contribution in [0.5, 0.6) is 5.75 Å². The molecule has 0 aliphatic carbocycles. The van der Waals surface area contributed by atoms with E-state index in [2.05, 4.69) is 22.1 Å². The van der Waals surface area contributed by atoms with Crippen LogP contribution in [0.15, 0.2) is 60.3 Å². The van der Waals surface area contributed by atoms with E-state index >= 15 is 0 Å². The van der Waals surface area contributed by atoms with E-state index in [1.165, 1.54) is 17.8 Å². The molecule has 8 heteroatoms. The zero-order valence-electron chi connectivity index (χ0n) is 17.1. The van der Waals surface area contributed by atoms with Crippen molar-refractivity contribution in [2.75, 3.05) is 12.4 Å². The Labute approximate surface area is 179 Å². The lowest BCUT2D eigenvalue weighted by Crippen LogP contribution is -2.23. The fourth-order valence-electron chi connectivity index (χ4n) is 2.82. The molecule has 1 atom stereocenters. The van der Waals surface area contributed by atoms with Gasteiger partial charge in [-0.3, -0.25) is 9.36 Å². The number of hydrogen-bond donors (Lipinski definition) is 1. The molecular weight excluding hydrogens is 403 g/mol. The predicted octanol–water partition coefficient (Wildman–Crippen LogP) is 4.71. The smallest absolute Gasteiger partial charge is 0.237 e. The zero-order chi connectivity index (χ0) is 21.7. The summed E-state index contributed by atoms with van der Waals surface area (Å²) in [5.41, 5.74) is 1.74. The molecule has 3 rings (SSSR count). The van der Waals surface area contributed by atoms with Crippen LogP contribution in [-0.2, 0) is 11.3 Å². The molecule has 0 saturated carbocycles. The molecule has 0 spiro atoms. The summed E-state index contributed by atoms with van der Waals surface area (Å²) < 4.78 is 21.1. The number of allylic oxidation sites excluding steroid dienone is 1. The Morgan fingerprint density at radius 2 is 2.10 bits per heavy atom. The van der Waals surface area contributed by atoms with Crippen molar-refractivity contribution >= 4 is 23.4 Å². The number of hydrogen-bond acceptors (Lipinski definition) is 5. The number of aryl methyl sites for hydroxylation is 1. The minimum Gasteiger partial charge on any atom is -0.496 e. The third-order valence-electron chi connectivity index (χ3n) is 4.47. The third kappa shape index (κ3) is 4.71. The summed E-state index contributed by atoms with van der Waals surface area (Å²) in [4.78, 5) is 12.6. The van der Waals surface area contributed by atoms with Crippen molar-refractivity contribution in [2.24, 2.45) is 0 Å². The first-order chi connectivity index (χ1) is 14.4. The minimum atomic E-state index is -0.479. The zero-order valence-corrected chi connectivity index (χ0v) is 17.9. The van der Waals surface area contributed by atoms with Crippen molar-refractivity contribution in [3.63, 3.8) is 0 Å². The second-order valence-corrected chi connectivity index (χ2v) is 7.93. The van der Waals surface area contributed by atoms with E-state index in [4.69, 9.17) is 4.74 Å². The van der Waals surface area contributed by atoms with Crippen LogP contribution in [-0.4, -0.2) is 33.0 Å². The average Bonchev–Trinajstić information content (AvgIpc) is 3.13. The highest BCUT2D eigenvalue weighted by molar-refractivity contribution is 8.00. The first-order valence-electron chi connectivity index (χ1n) is 9.35. The second kappa shape index (κ2) is 9.58. The Morgan fingerprint density at radius 3 is 2.80 bits per heavy atom. The molecule has 6 nitrogen and oxygen atoms in total. The normalized spacial score (nSPS) is 11.7. The summed E-state index contributed by atoms with van der Waals surface area (Å²) in [6.07, 6.45) is 1.74. The number of anilines is 1. The number of thioether (sulfide) groups is 1. The number of halogens is 1. The highest BCUT2D eigenvalue weighted by atomic mass is 32.2. The van der Waals surface area contributed by atoms with E-state index in [9.17, 15) is 9.18 Å². The number of carbonyl (C=O) groups excluding carboxylic acids is 1. The Kier molecular flexibility index (Phi) is 6.89. The maximum Gasteiger partial charge on any atom is 0.237 e. The van der Waals surface area contributed by atoms with Gasteiger partial charge in [-0.1, -0.05) is 36.0 Å². The quantitative estimate of drug-likeness (QED) is 0.417. The summed E-state index contributed by atoms with van der Waals surface area (Å²) in [5, 5.41) is 11.4. The van der Waals surface area contributed by atoms with Crippen LogP contribution in [0.4, 0.5) is 10.1 Å². The average molecular weight is 427 g/mol. The van der Waals surface area contributed by atoms with Gasteiger partial charge in [-0.2, -0.15) is 0 Å². The van der Waals surface area contributed by atoms with Crippen LogP contribution in [0.25, 0.3) is 11.4 Å². The number of methoxy groups -OCH3 is 1. The van der Waals surface area contributed by atoms with E-state index < -0.39 is 5.25 Å². The Morgan fingerprint density at radius 1 is 1.33 bits per heavy atom. The highest BCUT2D eigenvalue weighted by Gasteiger charge is 2.22. The molecule has 1 unspecified atom stereocenters. The van der Waals surface area contributed by atoms with Crippen LogP contribution in [0, 0.1) is 12.7 Å². The van der Waals surface area contributed by atoms with Gasteiger partial charge in [-0.15, -0.1) is 16.8 Å². The number of benzene rings is 2. The van der Waals surface area contributed by atoms with Crippen LogP contribution >= 0.6 is 11.8 Å². The maximum absolute atomic E-state index is 13.7. The maximum atomic E-state index is 13.7. The van der Waals surface area contributed by atoms with Gasteiger partial charge in [0, 0.05) is 12.2 Å². The number of rotatable bonds is 8. The Balaban J connectivity index is 1.81. The van der Waals surface area contributed by atoms with Crippen molar-refractivity contribution in [1.29, 1.82) is 0 Å². The molecule has 1 aromatic heterocycles. The van der Waals surface area contributed by atoms with Gasteiger partial charge in [0.2, 0.25) is 5.91 Å². The van der Waals surface area contributed by atoms with Gasteiger partial charge in [-0.25, -0.2) is 4.39 Å². The lowest BCUT2D eigenvalue weighted by molar-refractivity contribution is -0.115. The van der Waals surface area contributed by atoms with E-state index in [1.807, 2.05) is 28.8 Å². The number of nitrogens with one attached hydrogen (secondary N) is 1. The predicted molar refractivity (Wildman–Crippen MR) is 117 cm³/mol. The lowest BCUT2D eigenvalue weighted by Gasteiger charge is -2.14. The molecule has 0 saturated heterocycles. The molecule has 156 valence electrons. The number of ether oxygens (including phenoxy) is 1. The molecule has 0 bridgehead atoms. The minimum absolute atomic E-state index is 0.254. The van der Waals surface area contributed by atoms with E-state index in [0.29, 0.717) is 34.5 Å². The molecule has 0 radical (unpaired) electrons. The molecule has 3 aromatic rings. The molecule has 30 heavy (non-hydrogen) atoms. The van der Waals surface area contributed by atoms with Gasteiger partial charge in [0.05, 0.1) is 17.9 Å².